The van der Waals surface area contributed by atoms with Crippen LogP contribution in [0.2, 0.25) is 0 Å². The first-order valence-corrected chi connectivity index (χ1v) is 4.51. The lowest BCUT2D eigenvalue weighted by molar-refractivity contribution is 0.109. The van der Waals surface area contributed by atoms with Crippen molar-refractivity contribution in [2.45, 2.75) is 6.42 Å². The van der Waals surface area contributed by atoms with Crippen molar-refractivity contribution in [3.05, 3.63) is 12.7 Å². The fourth-order valence-electron chi connectivity index (χ4n) is 0.683. The van der Waals surface area contributed by atoms with Crippen LogP contribution in [0.4, 0.5) is 4.79 Å². The number of nitrogens with one attached hydrogen (secondary N) is 1. The molecule has 1 amide bonds. The van der Waals surface area contributed by atoms with Crippen LogP contribution in [0.15, 0.2) is 12.7 Å². The van der Waals surface area contributed by atoms with Crippen LogP contribution in [-0.4, -0.2) is 44.2 Å². The molecule has 5 heteroatoms. The van der Waals surface area contributed by atoms with E-state index in [4.69, 9.17) is 9.84 Å². The molecule has 0 spiro atoms. The van der Waals surface area contributed by atoms with E-state index < -0.39 is 6.09 Å². The first-order valence-electron chi connectivity index (χ1n) is 4.51. The minimum Gasteiger partial charge on any atom is -0.447 e. The molecule has 0 aromatic heterocycles. The normalized spacial score (nSPS) is 9.50. The van der Waals surface area contributed by atoms with Gasteiger partial charge in [0.25, 0.3) is 0 Å². The molecule has 0 aliphatic heterocycles. The highest BCUT2D eigenvalue weighted by molar-refractivity contribution is 5.66. The van der Waals surface area contributed by atoms with E-state index in [2.05, 4.69) is 16.6 Å². The molecule has 0 aromatic carbocycles. The smallest absolute Gasteiger partial charge is 0.407 e. The Morgan fingerprint density at radius 2 is 2.21 bits per heavy atom. The second-order valence-electron chi connectivity index (χ2n) is 2.48. The van der Waals surface area contributed by atoms with E-state index in [-0.39, 0.29) is 13.2 Å². The van der Waals surface area contributed by atoms with E-state index in [1.54, 1.807) is 6.08 Å². The van der Waals surface area contributed by atoms with Gasteiger partial charge in [0.05, 0.1) is 19.8 Å². The highest BCUT2D eigenvalue weighted by Crippen LogP contribution is 1.82. The number of rotatable bonds is 8. The number of aliphatic hydroxyl groups is 1. The molecule has 0 aliphatic carbocycles. The van der Waals surface area contributed by atoms with Crippen molar-refractivity contribution in [1.82, 2.24) is 5.32 Å². The summed E-state index contributed by atoms with van der Waals surface area (Å²) in [7, 11) is 0. The molecule has 14 heavy (non-hydrogen) atoms. The standard InChI is InChI=1S/C9H17NO4/c1-2-3-6-13-7-4-10-9(12)14-8-5-11/h2,11H,1,3-8H2,(H,10,12). The summed E-state index contributed by atoms with van der Waals surface area (Å²) >= 11 is 0. The van der Waals surface area contributed by atoms with E-state index in [0.29, 0.717) is 19.8 Å². The first-order chi connectivity index (χ1) is 6.81. The second-order valence-corrected chi connectivity index (χ2v) is 2.48. The third-order valence-electron chi connectivity index (χ3n) is 1.31. The number of ether oxygens (including phenoxy) is 2. The summed E-state index contributed by atoms with van der Waals surface area (Å²) in [6.07, 6.45) is 2.03. The van der Waals surface area contributed by atoms with Crippen molar-refractivity contribution in [1.29, 1.82) is 0 Å². The van der Waals surface area contributed by atoms with Gasteiger partial charge in [-0.2, -0.15) is 0 Å². The van der Waals surface area contributed by atoms with Crippen LogP contribution in [0, 0.1) is 0 Å². The maximum absolute atomic E-state index is 10.8. The molecule has 0 bridgehead atoms. The molecular weight excluding hydrogens is 186 g/mol. The van der Waals surface area contributed by atoms with Gasteiger partial charge in [-0.25, -0.2) is 4.79 Å². The van der Waals surface area contributed by atoms with E-state index in [9.17, 15) is 4.79 Å². The highest BCUT2D eigenvalue weighted by atomic mass is 16.6. The molecule has 2 N–H and O–H groups in total. The van der Waals surface area contributed by atoms with Crippen molar-refractivity contribution < 1.29 is 19.4 Å². The van der Waals surface area contributed by atoms with Crippen LogP contribution in [0.25, 0.3) is 0 Å². The predicted octanol–water partition coefficient (Wildman–Crippen LogP) is 0.298. The average Bonchev–Trinajstić information content (AvgIpc) is 2.20. The lowest BCUT2D eigenvalue weighted by Gasteiger charge is -2.05. The van der Waals surface area contributed by atoms with E-state index in [1.165, 1.54) is 0 Å². The third-order valence-corrected chi connectivity index (χ3v) is 1.31. The Labute approximate surface area is 83.7 Å². The number of amides is 1. The molecule has 0 aliphatic rings. The van der Waals surface area contributed by atoms with Crippen LogP contribution < -0.4 is 5.32 Å². The van der Waals surface area contributed by atoms with Gasteiger partial charge < -0.3 is 19.9 Å². The number of carbonyl (C=O) groups is 1. The number of hydrogen-bond donors (Lipinski definition) is 2. The number of aliphatic hydroxyl groups excluding tert-OH is 1. The molecule has 0 atom stereocenters. The fraction of sp³-hybridized carbons (Fsp3) is 0.667. The van der Waals surface area contributed by atoms with E-state index in [1.807, 2.05) is 0 Å². The fourth-order valence-corrected chi connectivity index (χ4v) is 0.683. The van der Waals surface area contributed by atoms with Gasteiger partial charge in [0.2, 0.25) is 0 Å². The van der Waals surface area contributed by atoms with Crippen molar-refractivity contribution in [2.75, 3.05) is 33.0 Å². The Hall–Kier alpha value is -1.07. The molecule has 0 saturated carbocycles. The predicted molar refractivity (Wildman–Crippen MR) is 52.1 cm³/mol. The summed E-state index contributed by atoms with van der Waals surface area (Å²) in [4.78, 5) is 10.8. The minimum absolute atomic E-state index is 0.0170. The summed E-state index contributed by atoms with van der Waals surface area (Å²) in [6.45, 7) is 4.86. The summed E-state index contributed by atoms with van der Waals surface area (Å²) in [5.74, 6) is 0. The zero-order valence-corrected chi connectivity index (χ0v) is 8.20. The first kappa shape index (κ1) is 12.9. The van der Waals surface area contributed by atoms with Crippen molar-refractivity contribution in [2.24, 2.45) is 0 Å². The summed E-state index contributed by atoms with van der Waals surface area (Å²) in [6, 6.07) is 0. The summed E-state index contributed by atoms with van der Waals surface area (Å²) < 4.78 is 9.69. The summed E-state index contributed by atoms with van der Waals surface area (Å²) in [5.41, 5.74) is 0. The lowest BCUT2D eigenvalue weighted by atomic mass is 10.4. The Morgan fingerprint density at radius 3 is 2.86 bits per heavy atom. The Morgan fingerprint density at radius 1 is 1.43 bits per heavy atom. The van der Waals surface area contributed by atoms with Gasteiger partial charge in [0.1, 0.15) is 6.61 Å². The molecular formula is C9H17NO4. The third kappa shape index (κ3) is 9.02. The van der Waals surface area contributed by atoms with Gasteiger partial charge >= 0.3 is 6.09 Å². The molecule has 0 aromatic rings. The van der Waals surface area contributed by atoms with Crippen LogP contribution in [0.1, 0.15) is 6.42 Å². The number of carbonyl (C=O) groups excluding carboxylic acids is 1. The van der Waals surface area contributed by atoms with Crippen LogP contribution in [0.5, 0.6) is 0 Å². The number of hydrogen-bond acceptors (Lipinski definition) is 4. The van der Waals surface area contributed by atoms with Gasteiger partial charge in [-0.05, 0) is 6.42 Å². The van der Waals surface area contributed by atoms with Gasteiger partial charge in [0.15, 0.2) is 0 Å². The Kier molecular flexibility index (Phi) is 9.25. The van der Waals surface area contributed by atoms with Crippen LogP contribution in [-0.2, 0) is 9.47 Å². The van der Waals surface area contributed by atoms with Crippen LogP contribution in [0.3, 0.4) is 0 Å². The van der Waals surface area contributed by atoms with Gasteiger partial charge in [-0.15, -0.1) is 6.58 Å². The molecule has 0 heterocycles. The molecule has 0 radical (unpaired) electrons. The maximum atomic E-state index is 10.8. The highest BCUT2D eigenvalue weighted by Gasteiger charge is 1.98. The maximum Gasteiger partial charge on any atom is 0.407 e. The largest absolute Gasteiger partial charge is 0.447 e. The average molecular weight is 203 g/mol. The van der Waals surface area contributed by atoms with E-state index in [0.717, 1.165) is 6.42 Å². The molecule has 0 rings (SSSR count). The molecule has 0 unspecified atom stereocenters. The topological polar surface area (TPSA) is 67.8 Å². The minimum atomic E-state index is -0.536. The van der Waals surface area contributed by atoms with Crippen molar-refractivity contribution >= 4 is 6.09 Å². The van der Waals surface area contributed by atoms with Gasteiger partial charge in [-0.3, -0.25) is 0 Å². The molecule has 0 saturated heterocycles. The summed E-state index contributed by atoms with van der Waals surface area (Å²) in [5, 5.41) is 10.8. The molecule has 82 valence electrons. The van der Waals surface area contributed by atoms with Gasteiger partial charge in [0, 0.05) is 6.54 Å². The molecule has 5 nitrogen and oxygen atoms in total. The van der Waals surface area contributed by atoms with Gasteiger partial charge in [-0.1, -0.05) is 6.08 Å². The van der Waals surface area contributed by atoms with Crippen LogP contribution >= 0.6 is 0 Å². The van der Waals surface area contributed by atoms with E-state index >= 15 is 0 Å². The zero-order chi connectivity index (χ0) is 10.6. The lowest BCUT2D eigenvalue weighted by Crippen LogP contribution is -2.28. The Bertz CT molecular complexity index is 161. The second kappa shape index (κ2) is 10.0. The van der Waals surface area contributed by atoms with Crippen molar-refractivity contribution in [3.63, 3.8) is 0 Å². The molecule has 0 fully saturated rings. The zero-order valence-electron chi connectivity index (χ0n) is 8.20. The van der Waals surface area contributed by atoms with Crippen molar-refractivity contribution in [3.8, 4) is 0 Å². The Balaban J connectivity index is 3.10. The monoisotopic (exact) mass is 203 g/mol. The quantitative estimate of drug-likeness (QED) is 0.439. The number of alkyl carbamates (subject to hydrolysis) is 1. The SMILES string of the molecule is C=CCCOCCNC(=O)OCCO.